The van der Waals surface area contributed by atoms with Gasteiger partial charge in [-0.15, -0.1) is 0 Å². The molecular weight excluding hydrogens is 330 g/mol. The van der Waals surface area contributed by atoms with Crippen LogP contribution in [0.25, 0.3) is 5.82 Å². The predicted octanol–water partition coefficient (Wildman–Crippen LogP) is 2.22. The van der Waals surface area contributed by atoms with Crippen molar-refractivity contribution in [3.05, 3.63) is 72.2 Å². The fourth-order valence-corrected chi connectivity index (χ4v) is 2.30. The fourth-order valence-electron chi connectivity index (χ4n) is 2.30. The van der Waals surface area contributed by atoms with Crippen LogP contribution in [0.2, 0.25) is 0 Å². The summed E-state index contributed by atoms with van der Waals surface area (Å²) in [7, 11) is 0. The molecule has 130 valence electrons. The van der Waals surface area contributed by atoms with Crippen LogP contribution in [0.1, 0.15) is 18.1 Å². The standard InChI is InChI=1S/C19H17N5O2/c1-14(26-17-5-3-15(12-20)4-6-17)19(25)22-13-16-7-9-21-18(11-16)24-10-2-8-23-24/h2-11,14H,13H2,1H3,(H,22,25)/t14-/m0/s1. The summed E-state index contributed by atoms with van der Waals surface area (Å²) in [6.45, 7) is 2.03. The third-order valence-electron chi connectivity index (χ3n) is 3.68. The van der Waals surface area contributed by atoms with E-state index in [1.54, 1.807) is 54.5 Å². The second-order valence-corrected chi connectivity index (χ2v) is 5.59. The average Bonchev–Trinajstić information content (AvgIpc) is 3.22. The summed E-state index contributed by atoms with van der Waals surface area (Å²) in [5, 5.41) is 15.8. The molecule has 26 heavy (non-hydrogen) atoms. The number of rotatable bonds is 6. The maximum Gasteiger partial charge on any atom is 0.261 e. The first-order valence-electron chi connectivity index (χ1n) is 8.05. The van der Waals surface area contributed by atoms with Crippen LogP contribution in [0, 0.1) is 11.3 Å². The van der Waals surface area contributed by atoms with Gasteiger partial charge in [-0.1, -0.05) is 0 Å². The Bertz CT molecular complexity index is 914. The number of nitrogens with zero attached hydrogens (tertiary/aromatic N) is 4. The van der Waals surface area contributed by atoms with Crippen molar-refractivity contribution < 1.29 is 9.53 Å². The summed E-state index contributed by atoms with van der Waals surface area (Å²) in [5.41, 5.74) is 1.45. The third-order valence-corrected chi connectivity index (χ3v) is 3.68. The maximum absolute atomic E-state index is 12.2. The monoisotopic (exact) mass is 347 g/mol. The molecule has 1 amide bonds. The first-order valence-corrected chi connectivity index (χ1v) is 8.05. The zero-order valence-corrected chi connectivity index (χ0v) is 14.2. The Balaban J connectivity index is 1.56. The van der Waals surface area contributed by atoms with Gasteiger partial charge in [-0.05, 0) is 55.0 Å². The van der Waals surface area contributed by atoms with Crippen molar-refractivity contribution in [2.24, 2.45) is 0 Å². The fraction of sp³-hybridized carbons (Fsp3) is 0.158. The highest BCUT2D eigenvalue weighted by molar-refractivity contribution is 5.80. The molecule has 2 heterocycles. The van der Waals surface area contributed by atoms with Crippen molar-refractivity contribution >= 4 is 5.91 Å². The molecule has 0 radical (unpaired) electrons. The molecule has 0 saturated heterocycles. The van der Waals surface area contributed by atoms with Gasteiger partial charge >= 0.3 is 0 Å². The molecule has 7 nitrogen and oxygen atoms in total. The van der Waals surface area contributed by atoms with Gasteiger partial charge in [-0.3, -0.25) is 4.79 Å². The zero-order chi connectivity index (χ0) is 18.4. The number of hydrogen-bond acceptors (Lipinski definition) is 5. The van der Waals surface area contributed by atoms with Gasteiger partial charge in [0.1, 0.15) is 5.75 Å². The molecule has 2 aromatic heterocycles. The SMILES string of the molecule is C[C@H](Oc1ccc(C#N)cc1)C(=O)NCc1ccnc(-n2cccn2)c1. The Hall–Kier alpha value is -3.66. The number of aromatic nitrogens is 3. The van der Waals surface area contributed by atoms with E-state index >= 15 is 0 Å². The number of ether oxygens (including phenoxy) is 1. The molecule has 0 saturated carbocycles. The Kier molecular flexibility index (Phi) is 5.25. The smallest absolute Gasteiger partial charge is 0.261 e. The van der Waals surface area contributed by atoms with E-state index in [0.29, 0.717) is 23.7 Å². The van der Waals surface area contributed by atoms with Crippen LogP contribution >= 0.6 is 0 Å². The van der Waals surface area contributed by atoms with Gasteiger partial charge in [-0.25, -0.2) is 9.67 Å². The van der Waals surface area contributed by atoms with Crippen LogP contribution < -0.4 is 10.1 Å². The largest absolute Gasteiger partial charge is 0.481 e. The molecule has 0 fully saturated rings. The van der Waals surface area contributed by atoms with E-state index in [1.807, 2.05) is 24.3 Å². The average molecular weight is 347 g/mol. The highest BCUT2D eigenvalue weighted by Gasteiger charge is 2.14. The number of carbonyl (C=O) groups excluding carboxylic acids is 1. The van der Waals surface area contributed by atoms with E-state index in [1.165, 1.54) is 0 Å². The van der Waals surface area contributed by atoms with E-state index in [-0.39, 0.29) is 5.91 Å². The van der Waals surface area contributed by atoms with Crippen molar-refractivity contribution in [2.75, 3.05) is 0 Å². The minimum Gasteiger partial charge on any atom is -0.481 e. The van der Waals surface area contributed by atoms with E-state index < -0.39 is 6.10 Å². The topological polar surface area (TPSA) is 92.8 Å². The van der Waals surface area contributed by atoms with Crippen molar-refractivity contribution in [3.8, 4) is 17.6 Å². The molecule has 3 rings (SSSR count). The van der Waals surface area contributed by atoms with Crippen LogP contribution in [0.4, 0.5) is 0 Å². The normalized spacial score (nSPS) is 11.4. The molecular formula is C19H17N5O2. The van der Waals surface area contributed by atoms with E-state index in [2.05, 4.69) is 15.4 Å². The lowest BCUT2D eigenvalue weighted by Gasteiger charge is -2.15. The molecule has 3 aromatic rings. The maximum atomic E-state index is 12.2. The zero-order valence-electron chi connectivity index (χ0n) is 14.2. The van der Waals surface area contributed by atoms with E-state index in [9.17, 15) is 4.79 Å². The number of pyridine rings is 1. The summed E-state index contributed by atoms with van der Waals surface area (Å²) in [6, 6.07) is 14.2. The summed E-state index contributed by atoms with van der Waals surface area (Å²) < 4.78 is 7.25. The summed E-state index contributed by atoms with van der Waals surface area (Å²) in [5.74, 6) is 0.993. The number of amides is 1. The molecule has 1 aromatic carbocycles. The van der Waals surface area contributed by atoms with Crippen molar-refractivity contribution in [1.29, 1.82) is 5.26 Å². The van der Waals surface area contributed by atoms with E-state index in [4.69, 9.17) is 10.00 Å². The molecule has 0 unspecified atom stereocenters. The third kappa shape index (κ3) is 4.24. The van der Waals surface area contributed by atoms with Crippen LogP contribution in [0.15, 0.2) is 61.1 Å². The molecule has 1 N–H and O–H groups in total. The van der Waals surface area contributed by atoms with E-state index in [0.717, 1.165) is 5.56 Å². The highest BCUT2D eigenvalue weighted by Crippen LogP contribution is 2.13. The lowest BCUT2D eigenvalue weighted by Crippen LogP contribution is -2.35. The lowest BCUT2D eigenvalue weighted by molar-refractivity contribution is -0.127. The van der Waals surface area contributed by atoms with Crippen LogP contribution in [0.5, 0.6) is 5.75 Å². The quantitative estimate of drug-likeness (QED) is 0.738. The van der Waals surface area contributed by atoms with Gasteiger partial charge in [0, 0.05) is 25.1 Å². The van der Waals surface area contributed by atoms with Crippen molar-refractivity contribution in [1.82, 2.24) is 20.1 Å². The van der Waals surface area contributed by atoms with Gasteiger partial charge in [0.25, 0.3) is 5.91 Å². The number of nitrogens with one attached hydrogen (secondary N) is 1. The molecule has 1 atom stereocenters. The van der Waals surface area contributed by atoms with Gasteiger partial charge < -0.3 is 10.1 Å². The van der Waals surface area contributed by atoms with Gasteiger partial charge in [0.2, 0.25) is 0 Å². The number of benzene rings is 1. The highest BCUT2D eigenvalue weighted by atomic mass is 16.5. The summed E-state index contributed by atoms with van der Waals surface area (Å²) in [6.07, 6.45) is 4.50. The lowest BCUT2D eigenvalue weighted by atomic mass is 10.2. The van der Waals surface area contributed by atoms with Crippen LogP contribution in [-0.4, -0.2) is 26.8 Å². The first kappa shape index (κ1) is 17.2. The molecule has 7 heteroatoms. The summed E-state index contributed by atoms with van der Waals surface area (Å²) >= 11 is 0. The number of hydrogen-bond donors (Lipinski definition) is 1. The second kappa shape index (κ2) is 7.94. The molecule has 0 spiro atoms. The van der Waals surface area contributed by atoms with Gasteiger partial charge in [0.05, 0.1) is 11.6 Å². The van der Waals surface area contributed by atoms with Crippen molar-refractivity contribution in [2.45, 2.75) is 19.6 Å². The van der Waals surface area contributed by atoms with Crippen LogP contribution in [0.3, 0.4) is 0 Å². The van der Waals surface area contributed by atoms with Crippen molar-refractivity contribution in [3.63, 3.8) is 0 Å². The minimum absolute atomic E-state index is 0.230. The minimum atomic E-state index is -0.657. The molecule has 0 aliphatic rings. The predicted molar refractivity (Wildman–Crippen MR) is 94.5 cm³/mol. The van der Waals surface area contributed by atoms with Gasteiger partial charge in [0.15, 0.2) is 11.9 Å². The second-order valence-electron chi connectivity index (χ2n) is 5.59. The molecule has 0 aliphatic carbocycles. The Labute approximate surface area is 150 Å². The first-order chi connectivity index (χ1) is 12.7. The number of nitriles is 1. The summed E-state index contributed by atoms with van der Waals surface area (Å²) in [4.78, 5) is 16.5. The number of carbonyl (C=O) groups is 1. The van der Waals surface area contributed by atoms with Gasteiger partial charge in [-0.2, -0.15) is 10.4 Å². The Morgan fingerprint density at radius 3 is 2.81 bits per heavy atom. The Morgan fingerprint density at radius 2 is 2.12 bits per heavy atom. The molecule has 0 aliphatic heterocycles. The molecule has 0 bridgehead atoms. The Morgan fingerprint density at radius 1 is 1.31 bits per heavy atom. The van der Waals surface area contributed by atoms with Crippen LogP contribution in [-0.2, 0) is 11.3 Å².